The fourth-order valence-corrected chi connectivity index (χ4v) is 5.04. The Morgan fingerprint density at radius 1 is 1.09 bits per heavy atom. The van der Waals surface area contributed by atoms with E-state index in [4.69, 9.17) is 14.2 Å². The van der Waals surface area contributed by atoms with Gasteiger partial charge in [-0.1, -0.05) is 62.4 Å². The van der Waals surface area contributed by atoms with Crippen LogP contribution in [0.5, 0.6) is 5.75 Å². The molecule has 1 aliphatic heterocycles. The van der Waals surface area contributed by atoms with E-state index in [0.717, 1.165) is 35.9 Å². The molecule has 1 N–H and O–H groups in total. The van der Waals surface area contributed by atoms with Gasteiger partial charge in [0.25, 0.3) is 0 Å². The lowest BCUT2D eigenvalue weighted by atomic mass is 9.86. The van der Waals surface area contributed by atoms with Crippen molar-refractivity contribution in [1.29, 1.82) is 0 Å². The predicted molar refractivity (Wildman–Crippen MR) is 130 cm³/mol. The molecule has 33 heavy (non-hydrogen) atoms. The maximum atomic E-state index is 12.0. The van der Waals surface area contributed by atoms with Gasteiger partial charge in [0, 0.05) is 31.3 Å². The maximum Gasteiger partial charge on any atom is 0.303 e. The minimum absolute atomic E-state index is 0.320. The van der Waals surface area contributed by atoms with Crippen LogP contribution in [0.2, 0.25) is 0 Å². The van der Waals surface area contributed by atoms with Crippen molar-refractivity contribution in [3.8, 4) is 5.75 Å². The molecule has 1 saturated carbocycles. The number of carbonyl (C=O) groups is 1. The Bertz CT molecular complexity index is 921. The van der Waals surface area contributed by atoms with Gasteiger partial charge in [0.1, 0.15) is 17.5 Å². The molecule has 4 rings (SSSR count). The summed E-state index contributed by atoms with van der Waals surface area (Å²) in [5.41, 5.74) is 2.45. The fraction of sp³-hybridized carbons (Fsp3) is 0.536. The topological polar surface area (TPSA) is 56.8 Å². The van der Waals surface area contributed by atoms with Crippen molar-refractivity contribution in [2.75, 3.05) is 11.9 Å². The number of ether oxygens (including phenoxy) is 3. The van der Waals surface area contributed by atoms with Gasteiger partial charge in [-0.05, 0) is 49.9 Å². The first kappa shape index (κ1) is 23.6. The van der Waals surface area contributed by atoms with Crippen LogP contribution in [0.3, 0.4) is 0 Å². The van der Waals surface area contributed by atoms with Gasteiger partial charge in [-0.3, -0.25) is 4.79 Å². The van der Waals surface area contributed by atoms with E-state index in [2.05, 4.69) is 23.5 Å². The Hall–Kier alpha value is -2.53. The highest BCUT2D eigenvalue weighted by atomic mass is 16.6. The molecule has 2 aromatic carbocycles. The van der Waals surface area contributed by atoms with Crippen molar-refractivity contribution in [1.82, 2.24) is 0 Å². The number of hydrogen-bond acceptors (Lipinski definition) is 5. The molecule has 5 nitrogen and oxygen atoms in total. The van der Waals surface area contributed by atoms with Gasteiger partial charge in [-0.15, -0.1) is 0 Å². The molecule has 178 valence electrons. The number of benzene rings is 2. The first-order chi connectivity index (χ1) is 15.9. The van der Waals surface area contributed by atoms with E-state index in [-0.39, 0.29) is 12.1 Å². The van der Waals surface area contributed by atoms with Crippen LogP contribution in [-0.4, -0.2) is 24.3 Å². The van der Waals surface area contributed by atoms with E-state index in [1.807, 2.05) is 44.2 Å². The summed E-state index contributed by atoms with van der Waals surface area (Å²) in [5, 5.41) is 3.50. The molecule has 1 fully saturated rings. The number of carbonyl (C=O) groups excluding carboxylic acids is 1. The average Bonchev–Trinajstić information content (AvgIpc) is 2.80. The molecule has 1 heterocycles. The van der Waals surface area contributed by atoms with Crippen LogP contribution >= 0.6 is 0 Å². The molecular formula is C28H37NO4. The number of rotatable bonds is 8. The summed E-state index contributed by atoms with van der Waals surface area (Å²) in [6, 6.07) is 16.4. The van der Waals surface area contributed by atoms with E-state index in [1.54, 1.807) is 0 Å². The molecule has 2 aliphatic rings. The summed E-state index contributed by atoms with van der Waals surface area (Å²) < 4.78 is 18.6. The zero-order valence-electron chi connectivity index (χ0n) is 20.1. The Labute approximate surface area is 197 Å². The van der Waals surface area contributed by atoms with Crippen LogP contribution in [0.15, 0.2) is 48.5 Å². The number of fused-ring (bicyclic) bond motifs is 1. The van der Waals surface area contributed by atoms with E-state index in [1.165, 1.54) is 44.6 Å². The second-order valence-electron chi connectivity index (χ2n) is 9.91. The van der Waals surface area contributed by atoms with Gasteiger partial charge in [0.15, 0.2) is 6.10 Å². The molecule has 2 unspecified atom stereocenters. The zero-order valence-corrected chi connectivity index (χ0v) is 20.1. The van der Waals surface area contributed by atoms with Crippen LogP contribution in [0.4, 0.5) is 5.69 Å². The summed E-state index contributed by atoms with van der Waals surface area (Å²) in [4.78, 5) is 12.0. The number of nitrogens with one attached hydrogen (secondary N) is 1. The third kappa shape index (κ3) is 6.08. The molecule has 0 radical (unpaired) electrons. The second kappa shape index (κ2) is 10.6. The second-order valence-corrected chi connectivity index (χ2v) is 9.91. The Morgan fingerprint density at radius 3 is 2.58 bits per heavy atom. The zero-order chi connectivity index (χ0) is 23.3. The Morgan fingerprint density at radius 2 is 1.85 bits per heavy atom. The largest absolute Gasteiger partial charge is 0.483 e. The van der Waals surface area contributed by atoms with Crippen molar-refractivity contribution in [3.63, 3.8) is 0 Å². The molecule has 0 saturated heterocycles. The van der Waals surface area contributed by atoms with E-state index in [0.29, 0.717) is 6.61 Å². The van der Waals surface area contributed by atoms with Crippen molar-refractivity contribution in [2.24, 2.45) is 5.92 Å². The molecule has 2 atom stereocenters. The third-order valence-electron chi connectivity index (χ3n) is 6.83. The Kier molecular flexibility index (Phi) is 7.59. The van der Waals surface area contributed by atoms with Crippen LogP contribution in [0, 0.1) is 5.92 Å². The van der Waals surface area contributed by atoms with E-state index < -0.39 is 11.7 Å². The van der Waals surface area contributed by atoms with Crippen molar-refractivity contribution in [2.45, 2.75) is 83.6 Å². The molecular weight excluding hydrogens is 414 g/mol. The standard InChI is InChI=1S/C28H37NO4/c1-20(30)32-27-26(31-17-16-21-10-6-4-7-11-21)24-18-23(14-15-25(24)33-28(27,2)3)29-19-22-12-8-5-9-13-22/h5,8-9,12-15,18,21,26-27,29H,4,6-7,10-11,16-17,19H2,1-3H3. The molecule has 2 aromatic rings. The van der Waals surface area contributed by atoms with Crippen molar-refractivity contribution in [3.05, 3.63) is 59.7 Å². The van der Waals surface area contributed by atoms with Crippen LogP contribution in [0.25, 0.3) is 0 Å². The van der Waals surface area contributed by atoms with Gasteiger partial charge in [0.05, 0.1) is 0 Å². The summed E-state index contributed by atoms with van der Waals surface area (Å²) >= 11 is 0. The lowest BCUT2D eigenvalue weighted by molar-refractivity contribution is -0.182. The molecule has 5 heteroatoms. The quantitative estimate of drug-likeness (QED) is 0.469. The van der Waals surface area contributed by atoms with Crippen molar-refractivity contribution >= 4 is 11.7 Å². The van der Waals surface area contributed by atoms with Gasteiger partial charge < -0.3 is 19.5 Å². The predicted octanol–water partition coefficient (Wildman–Crippen LogP) is 6.43. The van der Waals surface area contributed by atoms with Gasteiger partial charge in [-0.2, -0.15) is 0 Å². The first-order valence-corrected chi connectivity index (χ1v) is 12.3. The smallest absolute Gasteiger partial charge is 0.303 e. The monoisotopic (exact) mass is 451 g/mol. The van der Waals surface area contributed by atoms with Crippen LogP contribution in [-0.2, 0) is 20.8 Å². The van der Waals surface area contributed by atoms with Gasteiger partial charge in [-0.25, -0.2) is 0 Å². The summed E-state index contributed by atoms with van der Waals surface area (Å²) in [6.07, 6.45) is 6.75. The first-order valence-electron chi connectivity index (χ1n) is 12.3. The molecule has 1 aliphatic carbocycles. The minimum atomic E-state index is -0.687. The fourth-order valence-electron chi connectivity index (χ4n) is 5.04. The minimum Gasteiger partial charge on any atom is -0.483 e. The summed E-state index contributed by atoms with van der Waals surface area (Å²) in [5.74, 6) is 1.20. The molecule has 0 bridgehead atoms. The van der Waals surface area contributed by atoms with Crippen LogP contribution < -0.4 is 10.1 Å². The van der Waals surface area contributed by atoms with Gasteiger partial charge >= 0.3 is 5.97 Å². The normalized spacial score (nSPS) is 22.2. The van der Waals surface area contributed by atoms with Crippen LogP contribution in [0.1, 0.15) is 76.5 Å². The molecule has 0 amide bonds. The van der Waals surface area contributed by atoms with E-state index >= 15 is 0 Å². The lowest BCUT2D eigenvalue weighted by Gasteiger charge is -2.43. The summed E-state index contributed by atoms with van der Waals surface area (Å²) in [6.45, 7) is 6.75. The number of anilines is 1. The molecule has 0 aromatic heterocycles. The maximum absolute atomic E-state index is 12.0. The Balaban J connectivity index is 1.53. The highest BCUT2D eigenvalue weighted by Gasteiger charge is 2.47. The highest BCUT2D eigenvalue weighted by molar-refractivity contribution is 5.66. The van der Waals surface area contributed by atoms with Gasteiger partial charge in [0.2, 0.25) is 0 Å². The SMILES string of the molecule is CC(=O)OC1C(OCCC2CCCCC2)c2cc(NCc3ccccc3)ccc2OC1(C)C. The van der Waals surface area contributed by atoms with Crippen molar-refractivity contribution < 1.29 is 19.0 Å². The average molecular weight is 452 g/mol. The van der Waals surface area contributed by atoms with E-state index in [9.17, 15) is 4.79 Å². The molecule has 0 spiro atoms. The highest BCUT2D eigenvalue weighted by Crippen LogP contribution is 2.44. The third-order valence-corrected chi connectivity index (χ3v) is 6.83. The summed E-state index contributed by atoms with van der Waals surface area (Å²) in [7, 11) is 0. The number of esters is 1. The lowest BCUT2D eigenvalue weighted by Crippen LogP contribution is -2.51. The number of hydrogen-bond donors (Lipinski definition) is 1.